The zero-order valence-electron chi connectivity index (χ0n) is 13.9. The molecule has 5 heteroatoms. The molecule has 1 aromatic rings. The van der Waals surface area contributed by atoms with Gasteiger partial charge in [0, 0.05) is 19.1 Å². The molecule has 0 saturated carbocycles. The van der Waals surface area contributed by atoms with E-state index in [0.717, 1.165) is 51.7 Å². The number of rotatable bonds is 9. The summed E-state index contributed by atoms with van der Waals surface area (Å²) in [4.78, 5) is 2.46. The highest BCUT2D eigenvalue weighted by Crippen LogP contribution is 2.22. The van der Waals surface area contributed by atoms with Crippen LogP contribution >= 0.6 is 0 Å². The van der Waals surface area contributed by atoms with E-state index in [0.29, 0.717) is 6.32 Å². The van der Waals surface area contributed by atoms with Crippen LogP contribution in [0.15, 0.2) is 36.4 Å². The lowest BCUT2D eigenvalue weighted by molar-refractivity contribution is 0.285. The van der Waals surface area contributed by atoms with Gasteiger partial charge in [0.25, 0.3) is 0 Å². The van der Waals surface area contributed by atoms with Crippen molar-refractivity contribution < 1.29 is 10.0 Å². The lowest BCUT2D eigenvalue weighted by Crippen LogP contribution is -2.33. The molecular formula is C18H29BN2O2. The fraction of sp³-hybridized carbons (Fsp3) is 0.556. The molecule has 1 aliphatic rings. The zero-order chi connectivity index (χ0) is 16.5. The molecule has 126 valence electrons. The molecule has 1 atom stereocenters. The second kappa shape index (κ2) is 9.88. The van der Waals surface area contributed by atoms with E-state index >= 15 is 0 Å². The first kappa shape index (κ1) is 18.2. The second-order valence-corrected chi connectivity index (χ2v) is 6.46. The molecule has 1 heterocycles. The minimum atomic E-state index is -1.18. The molecule has 1 unspecified atom stereocenters. The van der Waals surface area contributed by atoms with Gasteiger partial charge in [0.05, 0.1) is 0 Å². The standard InChI is InChI=1S/C18H29BN2O2/c20-18(8-4-5-12-19(22)23)11-15-21-13-9-17(10-14-21)16-6-2-1-3-7-16/h1-3,6-7,9,18,22-23H,4-5,8,10-15,20H2. The van der Waals surface area contributed by atoms with Crippen molar-refractivity contribution >= 4 is 12.7 Å². The average Bonchev–Trinajstić information content (AvgIpc) is 2.58. The number of benzene rings is 1. The first-order valence-corrected chi connectivity index (χ1v) is 8.73. The van der Waals surface area contributed by atoms with E-state index in [9.17, 15) is 0 Å². The molecule has 0 saturated heterocycles. The molecule has 0 amide bonds. The molecule has 0 bridgehead atoms. The quantitative estimate of drug-likeness (QED) is 0.482. The molecular weight excluding hydrogens is 287 g/mol. The van der Waals surface area contributed by atoms with E-state index in [1.54, 1.807) is 0 Å². The van der Waals surface area contributed by atoms with Crippen molar-refractivity contribution in [3.05, 3.63) is 42.0 Å². The Bertz CT molecular complexity index is 479. The van der Waals surface area contributed by atoms with Crippen LogP contribution in [0.3, 0.4) is 0 Å². The molecule has 1 aliphatic heterocycles. The van der Waals surface area contributed by atoms with Gasteiger partial charge in [0.15, 0.2) is 0 Å². The van der Waals surface area contributed by atoms with Crippen LogP contribution in [0.5, 0.6) is 0 Å². The van der Waals surface area contributed by atoms with E-state index in [4.69, 9.17) is 15.8 Å². The third-order valence-corrected chi connectivity index (χ3v) is 4.54. The van der Waals surface area contributed by atoms with E-state index in [-0.39, 0.29) is 6.04 Å². The van der Waals surface area contributed by atoms with Crippen molar-refractivity contribution in [3.63, 3.8) is 0 Å². The molecule has 0 aromatic heterocycles. The maximum atomic E-state index is 8.81. The SMILES string of the molecule is NC(CCCCB(O)O)CCN1CC=C(c2ccccc2)CC1. The molecule has 23 heavy (non-hydrogen) atoms. The molecule has 0 spiro atoms. The van der Waals surface area contributed by atoms with Gasteiger partial charge in [-0.1, -0.05) is 49.2 Å². The summed E-state index contributed by atoms with van der Waals surface area (Å²) < 4.78 is 0. The molecule has 0 fully saturated rings. The third-order valence-electron chi connectivity index (χ3n) is 4.54. The van der Waals surface area contributed by atoms with Crippen LogP contribution < -0.4 is 5.73 Å². The minimum absolute atomic E-state index is 0.213. The van der Waals surface area contributed by atoms with Gasteiger partial charge in [-0.2, -0.15) is 0 Å². The zero-order valence-corrected chi connectivity index (χ0v) is 13.9. The van der Waals surface area contributed by atoms with E-state index < -0.39 is 7.12 Å². The summed E-state index contributed by atoms with van der Waals surface area (Å²) in [5.74, 6) is 0. The summed E-state index contributed by atoms with van der Waals surface area (Å²) >= 11 is 0. The van der Waals surface area contributed by atoms with Crippen molar-refractivity contribution in [1.29, 1.82) is 0 Å². The fourth-order valence-electron chi connectivity index (χ4n) is 3.05. The Morgan fingerprint density at radius 3 is 2.57 bits per heavy atom. The lowest BCUT2D eigenvalue weighted by atomic mass is 9.83. The van der Waals surface area contributed by atoms with Crippen molar-refractivity contribution in [2.75, 3.05) is 19.6 Å². The van der Waals surface area contributed by atoms with Gasteiger partial charge in [-0.25, -0.2) is 0 Å². The van der Waals surface area contributed by atoms with Gasteiger partial charge in [-0.3, -0.25) is 4.90 Å². The third kappa shape index (κ3) is 6.87. The summed E-state index contributed by atoms with van der Waals surface area (Å²) in [6, 6.07) is 10.8. The van der Waals surface area contributed by atoms with Crippen molar-refractivity contribution in [2.45, 2.75) is 44.5 Å². The smallest absolute Gasteiger partial charge is 0.427 e. The first-order chi connectivity index (χ1) is 11.1. The van der Waals surface area contributed by atoms with Crippen LogP contribution in [-0.2, 0) is 0 Å². The highest BCUT2D eigenvalue weighted by atomic mass is 16.4. The summed E-state index contributed by atoms with van der Waals surface area (Å²) in [7, 11) is -1.18. The van der Waals surface area contributed by atoms with Crippen LogP contribution in [0, 0.1) is 0 Å². The molecule has 2 rings (SSSR count). The number of nitrogens with zero attached hydrogens (tertiary/aromatic N) is 1. The summed E-state index contributed by atoms with van der Waals surface area (Å²) in [5, 5.41) is 17.6. The summed E-state index contributed by atoms with van der Waals surface area (Å²) in [5.41, 5.74) is 8.95. The van der Waals surface area contributed by atoms with Crippen LogP contribution in [0.1, 0.15) is 37.7 Å². The molecule has 4 N–H and O–H groups in total. The Balaban J connectivity index is 1.63. The highest BCUT2D eigenvalue weighted by molar-refractivity contribution is 6.40. The normalized spacial score (nSPS) is 16.9. The lowest BCUT2D eigenvalue weighted by Gasteiger charge is -2.27. The number of nitrogens with two attached hydrogens (primary N) is 1. The maximum Gasteiger partial charge on any atom is 0.451 e. The number of hydrogen-bond donors (Lipinski definition) is 3. The Labute approximate surface area is 140 Å². The maximum absolute atomic E-state index is 8.81. The average molecular weight is 316 g/mol. The number of unbranched alkanes of at least 4 members (excludes halogenated alkanes) is 1. The van der Waals surface area contributed by atoms with Crippen LogP contribution in [0.25, 0.3) is 5.57 Å². The predicted octanol–water partition coefficient (Wildman–Crippen LogP) is 2.14. The summed E-state index contributed by atoms with van der Waals surface area (Å²) in [6.45, 7) is 3.15. The Morgan fingerprint density at radius 2 is 1.91 bits per heavy atom. The first-order valence-electron chi connectivity index (χ1n) is 8.73. The largest absolute Gasteiger partial charge is 0.451 e. The summed E-state index contributed by atoms with van der Waals surface area (Å²) in [6.07, 6.45) is 7.67. The van der Waals surface area contributed by atoms with E-state index in [1.807, 2.05) is 0 Å². The van der Waals surface area contributed by atoms with Gasteiger partial charge in [0.1, 0.15) is 0 Å². The monoisotopic (exact) mass is 316 g/mol. The van der Waals surface area contributed by atoms with Gasteiger partial charge >= 0.3 is 7.12 Å². The van der Waals surface area contributed by atoms with Crippen LogP contribution in [-0.4, -0.2) is 47.7 Å². The molecule has 4 nitrogen and oxygen atoms in total. The predicted molar refractivity (Wildman–Crippen MR) is 96.9 cm³/mol. The van der Waals surface area contributed by atoms with Gasteiger partial charge in [-0.15, -0.1) is 0 Å². The van der Waals surface area contributed by atoms with E-state index in [2.05, 4.69) is 41.3 Å². The molecule has 0 aliphatic carbocycles. The fourth-order valence-corrected chi connectivity index (χ4v) is 3.05. The van der Waals surface area contributed by atoms with Crippen molar-refractivity contribution in [2.24, 2.45) is 5.73 Å². The topological polar surface area (TPSA) is 69.7 Å². The second-order valence-electron chi connectivity index (χ2n) is 6.46. The van der Waals surface area contributed by atoms with Crippen molar-refractivity contribution in [3.8, 4) is 0 Å². The Kier molecular flexibility index (Phi) is 7.82. The van der Waals surface area contributed by atoms with E-state index in [1.165, 1.54) is 11.1 Å². The van der Waals surface area contributed by atoms with Gasteiger partial charge < -0.3 is 15.8 Å². The Morgan fingerprint density at radius 1 is 1.13 bits per heavy atom. The van der Waals surface area contributed by atoms with Crippen LogP contribution in [0.4, 0.5) is 0 Å². The highest BCUT2D eigenvalue weighted by Gasteiger charge is 2.14. The minimum Gasteiger partial charge on any atom is -0.427 e. The molecule has 1 aromatic carbocycles. The van der Waals surface area contributed by atoms with Gasteiger partial charge in [0.2, 0.25) is 0 Å². The van der Waals surface area contributed by atoms with Crippen LogP contribution in [0.2, 0.25) is 6.32 Å². The Hall–Kier alpha value is -1.14. The number of hydrogen-bond acceptors (Lipinski definition) is 4. The van der Waals surface area contributed by atoms with Gasteiger partial charge in [-0.05, 0) is 43.3 Å². The molecule has 0 radical (unpaired) electrons. The van der Waals surface area contributed by atoms with Crippen molar-refractivity contribution in [1.82, 2.24) is 4.90 Å².